The Morgan fingerprint density at radius 1 is 1.38 bits per heavy atom. The Labute approximate surface area is 121 Å². The molecule has 3 rings (SSSR count). The summed E-state index contributed by atoms with van der Waals surface area (Å²) in [6, 6.07) is 7.21. The van der Waals surface area contributed by atoms with E-state index in [9.17, 15) is 9.59 Å². The summed E-state index contributed by atoms with van der Waals surface area (Å²) < 4.78 is 1.55. The number of carbonyl (C=O) groups excluding carboxylic acids is 1. The number of hydrogen-bond donors (Lipinski definition) is 2. The Balaban J connectivity index is 1.88. The fourth-order valence-corrected chi connectivity index (χ4v) is 2.19. The number of aromatic nitrogens is 2. The zero-order valence-electron chi connectivity index (χ0n) is 11.5. The maximum absolute atomic E-state index is 11.8. The molecule has 0 aliphatic heterocycles. The summed E-state index contributed by atoms with van der Waals surface area (Å²) in [5.41, 5.74) is 2.13. The van der Waals surface area contributed by atoms with Crippen LogP contribution in [0.25, 0.3) is 5.69 Å². The quantitative estimate of drug-likeness (QED) is 0.902. The van der Waals surface area contributed by atoms with E-state index in [0.717, 1.165) is 12.8 Å². The van der Waals surface area contributed by atoms with Gasteiger partial charge in [0, 0.05) is 11.6 Å². The van der Waals surface area contributed by atoms with E-state index in [1.54, 1.807) is 29.8 Å². The maximum Gasteiger partial charge on any atom is 0.339 e. The molecule has 0 atom stereocenters. The van der Waals surface area contributed by atoms with E-state index in [4.69, 9.17) is 5.11 Å². The van der Waals surface area contributed by atoms with E-state index in [2.05, 4.69) is 10.4 Å². The van der Waals surface area contributed by atoms with E-state index >= 15 is 0 Å². The lowest BCUT2D eigenvalue weighted by molar-refractivity contribution is -0.117. The number of anilines is 1. The van der Waals surface area contributed by atoms with E-state index < -0.39 is 5.97 Å². The molecular weight excluding hydrogens is 270 g/mol. The Morgan fingerprint density at radius 2 is 2.14 bits per heavy atom. The summed E-state index contributed by atoms with van der Waals surface area (Å²) in [7, 11) is 0. The minimum Gasteiger partial charge on any atom is -0.478 e. The van der Waals surface area contributed by atoms with Gasteiger partial charge in [-0.3, -0.25) is 4.79 Å². The second kappa shape index (κ2) is 5.05. The number of carboxylic acid groups (broad SMARTS) is 1. The number of carbonyl (C=O) groups is 2. The van der Waals surface area contributed by atoms with Gasteiger partial charge in [0.15, 0.2) is 0 Å². The van der Waals surface area contributed by atoms with E-state index in [0.29, 0.717) is 17.1 Å². The lowest BCUT2D eigenvalue weighted by Crippen LogP contribution is -2.13. The average molecular weight is 285 g/mol. The molecule has 1 heterocycles. The van der Waals surface area contributed by atoms with Crippen LogP contribution < -0.4 is 5.32 Å². The van der Waals surface area contributed by atoms with Gasteiger partial charge in [0.05, 0.1) is 17.6 Å². The van der Waals surface area contributed by atoms with E-state index in [1.165, 1.54) is 6.20 Å². The molecule has 1 aromatic heterocycles. The number of hydrogen-bond acceptors (Lipinski definition) is 3. The number of nitrogens with one attached hydrogen (secondary N) is 1. The molecule has 1 fully saturated rings. The molecule has 1 saturated carbocycles. The van der Waals surface area contributed by atoms with Crippen molar-refractivity contribution in [2.24, 2.45) is 5.92 Å². The lowest BCUT2D eigenvalue weighted by atomic mass is 10.2. The molecular formula is C15H15N3O3. The van der Waals surface area contributed by atoms with Crippen molar-refractivity contribution in [3.8, 4) is 5.69 Å². The number of amides is 1. The molecule has 0 unspecified atom stereocenters. The summed E-state index contributed by atoms with van der Waals surface area (Å²) in [5, 5.41) is 16.0. The molecule has 0 spiro atoms. The highest BCUT2D eigenvalue weighted by molar-refractivity contribution is 5.94. The maximum atomic E-state index is 11.8. The number of benzene rings is 1. The fourth-order valence-electron chi connectivity index (χ4n) is 2.19. The monoisotopic (exact) mass is 285 g/mol. The number of carboxylic acids is 1. The van der Waals surface area contributed by atoms with Gasteiger partial charge in [-0.05, 0) is 38.0 Å². The van der Waals surface area contributed by atoms with Crippen molar-refractivity contribution in [1.82, 2.24) is 9.78 Å². The molecule has 1 aliphatic rings. The Hall–Kier alpha value is -2.63. The standard InChI is InChI=1S/C15H15N3O3/c1-9-13(15(20)21)8-16-18(9)12-4-2-3-11(7-12)17-14(19)10-5-6-10/h2-4,7-8,10H,5-6H2,1H3,(H,17,19)(H,20,21). The van der Waals surface area contributed by atoms with Gasteiger partial charge in [-0.15, -0.1) is 0 Å². The molecule has 1 aliphatic carbocycles. The average Bonchev–Trinajstić information content (AvgIpc) is 3.22. The van der Waals surface area contributed by atoms with Crippen molar-refractivity contribution in [3.05, 3.63) is 41.7 Å². The molecule has 6 nitrogen and oxygen atoms in total. The van der Waals surface area contributed by atoms with Crippen LogP contribution in [0.1, 0.15) is 28.9 Å². The summed E-state index contributed by atoms with van der Waals surface area (Å²) in [6.07, 6.45) is 3.23. The van der Waals surface area contributed by atoms with Crippen LogP contribution in [0, 0.1) is 12.8 Å². The zero-order chi connectivity index (χ0) is 15.0. The van der Waals surface area contributed by atoms with Gasteiger partial charge in [0.1, 0.15) is 5.56 Å². The van der Waals surface area contributed by atoms with Crippen LogP contribution in [0.3, 0.4) is 0 Å². The van der Waals surface area contributed by atoms with Crippen molar-refractivity contribution in [1.29, 1.82) is 0 Å². The molecule has 0 bridgehead atoms. The smallest absolute Gasteiger partial charge is 0.339 e. The summed E-state index contributed by atoms with van der Waals surface area (Å²) in [4.78, 5) is 22.8. The molecule has 2 N–H and O–H groups in total. The number of nitrogens with zero attached hydrogens (tertiary/aromatic N) is 2. The number of rotatable bonds is 4. The van der Waals surface area contributed by atoms with Crippen molar-refractivity contribution in [2.75, 3.05) is 5.32 Å². The highest BCUT2D eigenvalue weighted by atomic mass is 16.4. The van der Waals surface area contributed by atoms with Crippen LogP contribution in [-0.2, 0) is 4.79 Å². The SMILES string of the molecule is Cc1c(C(=O)O)cnn1-c1cccc(NC(=O)C2CC2)c1. The second-order valence-corrected chi connectivity index (χ2v) is 5.17. The summed E-state index contributed by atoms with van der Waals surface area (Å²) >= 11 is 0. The van der Waals surface area contributed by atoms with Gasteiger partial charge in [0.2, 0.25) is 5.91 Å². The molecule has 21 heavy (non-hydrogen) atoms. The molecule has 108 valence electrons. The van der Waals surface area contributed by atoms with Crippen molar-refractivity contribution in [3.63, 3.8) is 0 Å². The van der Waals surface area contributed by atoms with Gasteiger partial charge in [-0.2, -0.15) is 5.10 Å². The third kappa shape index (κ3) is 2.65. The third-order valence-corrected chi connectivity index (χ3v) is 3.55. The number of aromatic carboxylic acids is 1. The highest BCUT2D eigenvalue weighted by Crippen LogP contribution is 2.30. The van der Waals surface area contributed by atoms with Crippen molar-refractivity contribution < 1.29 is 14.7 Å². The molecule has 1 amide bonds. The summed E-state index contributed by atoms with van der Waals surface area (Å²) in [6.45, 7) is 1.70. The third-order valence-electron chi connectivity index (χ3n) is 3.55. The fraction of sp³-hybridized carbons (Fsp3) is 0.267. The van der Waals surface area contributed by atoms with Crippen LogP contribution >= 0.6 is 0 Å². The van der Waals surface area contributed by atoms with Gasteiger partial charge in [-0.1, -0.05) is 6.07 Å². The molecule has 0 saturated heterocycles. The first-order valence-corrected chi connectivity index (χ1v) is 6.75. The van der Waals surface area contributed by atoms with Crippen molar-refractivity contribution >= 4 is 17.6 Å². The second-order valence-electron chi connectivity index (χ2n) is 5.17. The highest BCUT2D eigenvalue weighted by Gasteiger charge is 2.29. The zero-order valence-corrected chi connectivity index (χ0v) is 11.5. The molecule has 0 radical (unpaired) electrons. The lowest BCUT2D eigenvalue weighted by Gasteiger charge is -2.08. The summed E-state index contributed by atoms with van der Waals surface area (Å²) in [5.74, 6) is -0.828. The predicted octanol–water partition coefficient (Wildman–Crippen LogP) is 2.23. The minimum absolute atomic E-state index is 0.0376. The Kier molecular flexibility index (Phi) is 3.21. The Morgan fingerprint density at radius 3 is 2.76 bits per heavy atom. The van der Waals surface area contributed by atoms with E-state index in [-0.39, 0.29) is 17.4 Å². The molecule has 1 aromatic carbocycles. The van der Waals surface area contributed by atoms with Crippen LogP contribution in [-0.4, -0.2) is 26.8 Å². The predicted molar refractivity (Wildman–Crippen MR) is 76.6 cm³/mol. The van der Waals surface area contributed by atoms with Gasteiger partial charge < -0.3 is 10.4 Å². The van der Waals surface area contributed by atoms with E-state index in [1.807, 2.05) is 6.07 Å². The Bertz CT molecular complexity index is 717. The van der Waals surface area contributed by atoms with Gasteiger partial charge >= 0.3 is 5.97 Å². The van der Waals surface area contributed by atoms with Gasteiger partial charge in [-0.25, -0.2) is 9.48 Å². The van der Waals surface area contributed by atoms with Gasteiger partial charge in [0.25, 0.3) is 0 Å². The van der Waals surface area contributed by atoms with Crippen molar-refractivity contribution in [2.45, 2.75) is 19.8 Å². The normalized spacial score (nSPS) is 14.0. The first kappa shape index (κ1) is 13.4. The van der Waals surface area contributed by atoms with Crippen LogP contribution in [0.4, 0.5) is 5.69 Å². The molecule has 2 aromatic rings. The van der Waals surface area contributed by atoms with Crippen LogP contribution in [0.15, 0.2) is 30.5 Å². The minimum atomic E-state index is -1.00. The van der Waals surface area contributed by atoms with Crippen LogP contribution in [0.2, 0.25) is 0 Å². The first-order chi connectivity index (χ1) is 10.1. The largest absolute Gasteiger partial charge is 0.478 e. The van der Waals surface area contributed by atoms with Crippen LogP contribution in [0.5, 0.6) is 0 Å². The topological polar surface area (TPSA) is 84.2 Å². The first-order valence-electron chi connectivity index (χ1n) is 6.75. The molecule has 6 heteroatoms.